The van der Waals surface area contributed by atoms with Crippen molar-refractivity contribution >= 4 is 13.6 Å². The number of carbonyl (C=O) groups excluding carboxylic acids is 1. The Morgan fingerprint density at radius 3 is 2.05 bits per heavy atom. The third-order valence-electron chi connectivity index (χ3n) is 6.01. The highest BCUT2D eigenvalue weighted by Gasteiger charge is 2.18. The average Bonchev–Trinajstić information content (AvgIpc) is 2.90. The smallest absolute Gasteiger partial charge is 0.394 e. The molecule has 2 aromatic carbocycles. The highest BCUT2D eigenvalue weighted by Crippen LogP contribution is 2.35. The molecule has 0 saturated heterocycles. The molecule has 8 heteroatoms. The molecule has 2 aromatic rings. The highest BCUT2D eigenvalue weighted by atomic mass is 32.2. The molecular weight excluding hydrogens is 492 g/mol. The minimum Gasteiger partial charge on any atom is -0.394 e. The topological polar surface area (TPSA) is 113 Å². The predicted octanol–water partition coefficient (Wildman–Crippen LogP) is 6.01. The number of benzene rings is 2. The Bertz CT molecular complexity index is 954. The van der Waals surface area contributed by atoms with Gasteiger partial charge in [0.1, 0.15) is 6.10 Å². The lowest BCUT2D eigenvalue weighted by Crippen LogP contribution is -2.24. The van der Waals surface area contributed by atoms with E-state index in [9.17, 15) is 9.36 Å². The van der Waals surface area contributed by atoms with E-state index in [0.29, 0.717) is 12.2 Å². The number of aryl methyl sites for hydroxylation is 1. The molecule has 1 atom stereocenters. The van der Waals surface area contributed by atoms with Crippen LogP contribution in [0.5, 0.6) is 0 Å². The van der Waals surface area contributed by atoms with Crippen LogP contribution in [-0.4, -0.2) is 46.6 Å². The van der Waals surface area contributed by atoms with Gasteiger partial charge in [0, 0.05) is 17.7 Å². The van der Waals surface area contributed by atoms with Crippen LogP contribution in [-0.2, 0) is 20.2 Å². The first-order valence-corrected chi connectivity index (χ1v) is 14.7. The summed E-state index contributed by atoms with van der Waals surface area (Å²) < 4.78 is 20.4. The minimum atomic E-state index is -4.54. The molecule has 0 fully saturated rings. The number of unbranched alkanes of at least 4 members (excludes halogenated alkanes) is 7. The van der Waals surface area contributed by atoms with Crippen molar-refractivity contribution in [3.63, 3.8) is 0 Å². The maximum atomic E-state index is 12.5. The summed E-state index contributed by atoms with van der Waals surface area (Å²) in [6.07, 6.45) is 14.6. The predicted molar refractivity (Wildman–Crippen MR) is 146 cm³/mol. The summed E-state index contributed by atoms with van der Waals surface area (Å²) in [5.74, 6) is 0.0597. The second kappa shape index (κ2) is 18.2. The first-order valence-electron chi connectivity index (χ1n) is 13.2. The van der Waals surface area contributed by atoms with Gasteiger partial charge < -0.3 is 19.6 Å². The summed E-state index contributed by atoms with van der Waals surface area (Å²) in [6.45, 7) is -0.217. The number of carbonyl (C=O) groups is 1. The van der Waals surface area contributed by atoms with Gasteiger partial charge in [-0.2, -0.15) is 0 Å². The molecule has 0 amide bonds. The van der Waals surface area contributed by atoms with Crippen molar-refractivity contribution in [1.29, 1.82) is 0 Å². The summed E-state index contributed by atoms with van der Waals surface area (Å²) in [5, 5.41) is 9.15. The molecule has 0 saturated carbocycles. The number of hydrogen-bond donors (Lipinski definition) is 3. The zero-order valence-electron chi connectivity index (χ0n) is 21.5. The quantitative estimate of drug-likeness (QED) is 0.0826. The molecule has 37 heavy (non-hydrogen) atoms. The van der Waals surface area contributed by atoms with Crippen LogP contribution in [0.15, 0.2) is 66.7 Å². The molecule has 0 aliphatic rings. The molecule has 7 nitrogen and oxygen atoms in total. The van der Waals surface area contributed by atoms with Gasteiger partial charge in [0.15, 0.2) is 5.78 Å². The maximum absolute atomic E-state index is 12.5. The molecule has 204 valence electrons. The van der Waals surface area contributed by atoms with Gasteiger partial charge in [0.2, 0.25) is 0 Å². The number of rotatable bonds is 20. The first kappa shape index (κ1) is 31.1. The van der Waals surface area contributed by atoms with Crippen LogP contribution in [0, 0.1) is 0 Å². The summed E-state index contributed by atoms with van der Waals surface area (Å²) in [4.78, 5) is 29.8. The molecule has 0 aliphatic carbocycles. The Morgan fingerprint density at radius 1 is 0.811 bits per heavy atom. The number of aliphatic hydroxyl groups excluding tert-OH is 1. The van der Waals surface area contributed by atoms with Crippen molar-refractivity contribution in [2.24, 2.45) is 0 Å². The van der Waals surface area contributed by atoms with E-state index in [1.54, 1.807) is 0 Å². The summed E-state index contributed by atoms with van der Waals surface area (Å²) in [5.41, 5.74) is 2.70. The minimum absolute atomic E-state index is 0.0597. The van der Waals surface area contributed by atoms with Crippen LogP contribution in [0.25, 0.3) is 0 Å². The fraction of sp³-hybridized carbons (Fsp3) is 0.483. The molecule has 3 N–H and O–H groups in total. The molecule has 0 aliphatic heterocycles. The highest BCUT2D eigenvalue weighted by molar-refractivity contribution is 7.46. The SMILES string of the molecule is O=C(c1ccccc1)c1ccc(CCC/C=C\CCCCCCCCOC(CO)CO[32P](=O)(O)O)cc1. The van der Waals surface area contributed by atoms with Crippen molar-refractivity contribution in [2.45, 2.75) is 70.3 Å². The van der Waals surface area contributed by atoms with Gasteiger partial charge >= 0.3 is 7.82 Å². The molecule has 0 heterocycles. The van der Waals surface area contributed by atoms with E-state index in [1.165, 1.54) is 24.8 Å². The van der Waals surface area contributed by atoms with Crippen LogP contribution >= 0.6 is 7.82 Å². The summed E-state index contributed by atoms with van der Waals surface area (Å²) in [7, 11) is -4.54. The van der Waals surface area contributed by atoms with Crippen LogP contribution in [0.3, 0.4) is 0 Å². The lowest BCUT2D eigenvalue weighted by atomic mass is 10.0. The second-order valence-electron chi connectivity index (χ2n) is 9.13. The Balaban J connectivity index is 1.44. The lowest BCUT2D eigenvalue weighted by molar-refractivity contribution is -0.0205. The standard InChI is InChI=1S/C29H41O7P/c30-23-28(24-36-37(32,33)34)35-22-14-9-7-5-3-1-2-4-6-8-11-15-25-18-20-27(21-19-25)29(31)26-16-12-10-13-17-26/h4,6,10,12-13,16-21,28,30H,1-3,5,7-9,11,14-15,22-24H2,(H2,32,33,34)/b6-4-/i37+1. The average molecular weight is 534 g/mol. The van der Waals surface area contributed by atoms with Crippen LogP contribution in [0.2, 0.25) is 0 Å². The number of ether oxygens (including phenoxy) is 1. The van der Waals surface area contributed by atoms with Crippen molar-refractivity contribution in [3.8, 4) is 0 Å². The number of phosphoric ester groups is 1. The molecule has 2 rings (SSSR count). The van der Waals surface area contributed by atoms with E-state index in [2.05, 4.69) is 28.8 Å². The summed E-state index contributed by atoms with van der Waals surface area (Å²) in [6, 6.07) is 17.3. The molecule has 0 radical (unpaired) electrons. The zero-order valence-corrected chi connectivity index (χ0v) is 22.4. The monoisotopic (exact) mass is 533 g/mol. The van der Waals surface area contributed by atoms with E-state index in [4.69, 9.17) is 19.6 Å². The normalized spacial score (nSPS) is 12.7. The summed E-state index contributed by atoms with van der Waals surface area (Å²) >= 11 is 0. The number of allylic oxidation sites excluding steroid dienone is 2. The second-order valence-corrected chi connectivity index (χ2v) is 10.4. The van der Waals surface area contributed by atoms with Gasteiger partial charge in [-0.15, -0.1) is 0 Å². The molecule has 0 spiro atoms. The van der Waals surface area contributed by atoms with Gasteiger partial charge in [-0.1, -0.05) is 92.4 Å². The van der Waals surface area contributed by atoms with Crippen LogP contribution < -0.4 is 0 Å². The van der Waals surface area contributed by atoms with Crippen LogP contribution in [0.1, 0.15) is 79.3 Å². The van der Waals surface area contributed by atoms with Gasteiger partial charge in [-0.3, -0.25) is 9.32 Å². The number of hydrogen-bond acceptors (Lipinski definition) is 5. The van der Waals surface area contributed by atoms with E-state index in [0.717, 1.165) is 50.5 Å². The Labute approximate surface area is 220 Å². The maximum Gasteiger partial charge on any atom is 0.469 e. The molecule has 1 unspecified atom stereocenters. The third-order valence-corrected chi connectivity index (χ3v) is 6.49. The van der Waals surface area contributed by atoms with Gasteiger partial charge in [-0.25, -0.2) is 4.57 Å². The van der Waals surface area contributed by atoms with Crippen molar-refractivity contribution < 1.29 is 33.5 Å². The van der Waals surface area contributed by atoms with E-state index in [-0.39, 0.29) is 19.0 Å². The van der Waals surface area contributed by atoms with Crippen LogP contribution in [0.4, 0.5) is 0 Å². The third kappa shape index (κ3) is 14.4. The van der Waals surface area contributed by atoms with E-state index >= 15 is 0 Å². The lowest BCUT2D eigenvalue weighted by Gasteiger charge is -2.15. The van der Waals surface area contributed by atoms with Gasteiger partial charge in [-0.05, 0) is 44.1 Å². The van der Waals surface area contributed by atoms with E-state index < -0.39 is 13.9 Å². The Morgan fingerprint density at radius 2 is 1.41 bits per heavy atom. The number of phosphoric acid groups is 1. The molecular formula is C29H41O7P. The fourth-order valence-electron chi connectivity index (χ4n) is 3.89. The molecule has 0 aromatic heterocycles. The number of ketones is 1. The van der Waals surface area contributed by atoms with Gasteiger partial charge in [0.05, 0.1) is 13.2 Å². The zero-order chi connectivity index (χ0) is 26.8. The largest absolute Gasteiger partial charge is 0.469 e. The number of aliphatic hydroxyl groups is 1. The Hall–Kier alpha value is -2.12. The molecule has 0 bridgehead atoms. The fourth-order valence-corrected chi connectivity index (χ4v) is 4.25. The Kier molecular flexibility index (Phi) is 15.3. The van der Waals surface area contributed by atoms with Crippen molar-refractivity contribution in [1.82, 2.24) is 0 Å². The van der Waals surface area contributed by atoms with Gasteiger partial charge in [0.25, 0.3) is 0 Å². The van der Waals surface area contributed by atoms with Crippen molar-refractivity contribution in [3.05, 3.63) is 83.4 Å². The van der Waals surface area contributed by atoms with Crippen molar-refractivity contribution in [2.75, 3.05) is 19.8 Å². The van der Waals surface area contributed by atoms with E-state index in [1.807, 2.05) is 42.5 Å². The first-order chi connectivity index (χ1) is 17.9.